The van der Waals surface area contributed by atoms with E-state index >= 15 is 0 Å². The summed E-state index contributed by atoms with van der Waals surface area (Å²) in [6.07, 6.45) is 2.53. The molecule has 1 N–H and O–H groups in total. The number of phenolic OH excluding ortho intramolecular Hbond substituents is 1. The van der Waals surface area contributed by atoms with E-state index in [1.807, 2.05) is 17.5 Å². The Morgan fingerprint density at radius 2 is 2.00 bits per heavy atom. The Bertz CT molecular complexity index is 512. The van der Waals surface area contributed by atoms with Crippen LogP contribution in [0, 0.1) is 0 Å². The van der Waals surface area contributed by atoms with Crippen molar-refractivity contribution in [2.24, 2.45) is 0 Å². The zero-order valence-electron chi connectivity index (χ0n) is 8.46. The molecule has 2 nitrogen and oxygen atoms in total. The van der Waals surface area contributed by atoms with E-state index in [-0.39, 0.29) is 5.75 Å². The highest BCUT2D eigenvalue weighted by molar-refractivity contribution is 7.10. The van der Waals surface area contributed by atoms with Crippen LogP contribution in [0.4, 0.5) is 0 Å². The summed E-state index contributed by atoms with van der Waals surface area (Å²) in [7, 11) is 0. The highest BCUT2D eigenvalue weighted by atomic mass is 32.1. The monoisotopic (exact) mass is 230 g/mol. The fourth-order valence-electron chi connectivity index (χ4n) is 1.42. The third-order valence-corrected chi connectivity index (χ3v) is 3.00. The quantitative estimate of drug-likeness (QED) is 0.649. The molecular weight excluding hydrogens is 220 g/mol. The Hall–Kier alpha value is -1.87. The van der Waals surface area contributed by atoms with Gasteiger partial charge >= 0.3 is 0 Å². The number of benzene rings is 1. The second kappa shape index (κ2) is 4.77. The molecule has 0 fully saturated rings. The summed E-state index contributed by atoms with van der Waals surface area (Å²) in [6.45, 7) is 0. The maximum absolute atomic E-state index is 11.0. The summed E-state index contributed by atoms with van der Waals surface area (Å²) in [5, 5.41) is 11.6. The van der Waals surface area contributed by atoms with Crippen LogP contribution in [-0.4, -0.2) is 11.4 Å². The van der Waals surface area contributed by atoms with Crippen molar-refractivity contribution >= 4 is 29.3 Å². The van der Waals surface area contributed by atoms with Crippen molar-refractivity contribution in [1.29, 1.82) is 0 Å². The number of phenols is 1. The predicted molar refractivity (Wildman–Crippen MR) is 66.4 cm³/mol. The second-order valence-corrected chi connectivity index (χ2v) is 4.23. The van der Waals surface area contributed by atoms with Gasteiger partial charge in [-0.2, -0.15) is 0 Å². The Kier molecular flexibility index (Phi) is 3.17. The second-order valence-electron chi connectivity index (χ2n) is 3.25. The molecule has 2 aromatic rings. The number of thiophene rings is 1. The summed E-state index contributed by atoms with van der Waals surface area (Å²) in [5.74, 6) is 0.123. The van der Waals surface area contributed by atoms with Gasteiger partial charge in [0.1, 0.15) is 5.75 Å². The third kappa shape index (κ3) is 2.20. The lowest BCUT2D eigenvalue weighted by molar-refractivity contribution is -0.103. The molecule has 0 amide bonds. The van der Waals surface area contributed by atoms with Crippen molar-refractivity contribution in [3.8, 4) is 5.75 Å². The summed E-state index contributed by atoms with van der Waals surface area (Å²) < 4.78 is 0. The van der Waals surface area contributed by atoms with Crippen LogP contribution < -0.4 is 0 Å². The van der Waals surface area contributed by atoms with Gasteiger partial charge in [-0.3, -0.25) is 4.79 Å². The Morgan fingerprint density at radius 1 is 1.19 bits per heavy atom. The lowest BCUT2D eigenvalue weighted by Crippen LogP contribution is -1.85. The van der Waals surface area contributed by atoms with Gasteiger partial charge in [0.2, 0.25) is 0 Å². The van der Waals surface area contributed by atoms with Gasteiger partial charge in [0.05, 0.1) is 0 Å². The molecule has 2 rings (SSSR count). The number of rotatable bonds is 3. The molecule has 0 bridgehead atoms. The zero-order chi connectivity index (χ0) is 11.4. The van der Waals surface area contributed by atoms with E-state index in [0.717, 1.165) is 11.2 Å². The molecule has 0 unspecified atom stereocenters. The average Bonchev–Trinajstić information content (AvgIpc) is 2.80. The van der Waals surface area contributed by atoms with Gasteiger partial charge in [-0.25, -0.2) is 0 Å². The van der Waals surface area contributed by atoms with E-state index in [9.17, 15) is 9.90 Å². The molecule has 1 aromatic carbocycles. The third-order valence-electron chi connectivity index (χ3n) is 2.18. The van der Waals surface area contributed by atoms with Crippen molar-refractivity contribution in [2.45, 2.75) is 0 Å². The number of para-hydroxylation sites is 1. The van der Waals surface area contributed by atoms with Gasteiger partial charge in [0, 0.05) is 16.0 Å². The lowest BCUT2D eigenvalue weighted by atomic mass is 10.1. The van der Waals surface area contributed by atoms with Crippen molar-refractivity contribution in [1.82, 2.24) is 0 Å². The van der Waals surface area contributed by atoms with Crippen LogP contribution >= 0.6 is 11.3 Å². The van der Waals surface area contributed by atoms with Crippen LogP contribution in [0.1, 0.15) is 10.4 Å². The normalized spacial score (nSPS) is 11.4. The average molecular weight is 230 g/mol. The highest BCUT2D eigenvalue weighted by Gasteiger charge is 2.05. The molecule has 0 radical (unpaired) electrons. The molecule has 0 spiro atoms. The van der Waals surface area contributed by atoms with E-state index in [4.69, 9.17) is 0 Å². The first-order valence-corrected chi connectivity index (χ1v) is 5.68. The molecule has 0 atom stereocenters. The summed E-state index contributed by atoms with van der Waals surface area (Å²) >= 11 is 1.55. The summed E-state index contributed by atoms with van der Waals surface area (Å²) in [5.41, 5.74) is 1.05. The van der Waals surface area contributed by atoms with Gasteiger partial charge in [-0.1, -0.05) is 24.3 Å². The lowest BCUT2D eigenvalue weighted by Gasteiger charge is -2.02. The molecule has 16 heavy (non-hydrogen) atoms. The van der Waals surface area contributed by atoms with Crippen molar-refractivity contribution in [3.05, 3.63) is 52.2 Å². The minimum absolute atomic E-state index is 0.123. The van der Waals surface area contributed by atoms with Crippen LogP contribution in [0.3, 0.4) is 0 Å². The van der Waals surface area contributed by atoms with Gasteiger partial charge < -0.3 is 5.11 Å². The Balaban J connectivity index is 2.45. The van der Waals surface area contributed by atoms with E-state index in [0.29, 0.717) is 11.1 Å². The van der Waals surface area contributed by atoms with Crippen molar-refractivity contribution < 1.29 is 9.90 Å². The van der Waals surface area contributed by atoms with E-state index < -0.39 is 0 Å². The topological polar surface area (TPSA) is 37.3 Å². The SMILES string of the molecule is O=CC(=Cc1cccs1)c1ccccc1O. The molecule has 1 aromatic heterocycles. The molecule has 3 heteroatoms. The van der Waals surface area contributed by atoms with Crippen molar-refractivity contribution in [2.75, 3.05) is 0 Å². The van der Waals surface area contributed by atoms with Gasteiger partial charge in [0.15, 0.2) is 6.29 Å². The van der Waals surface area contributed by atoms with Gasteiger partial charge in [-0.05, 0) is 23.6 Å². The highest BCUT2D eigenvalue weighted by Crippen LogP contribution is 2.26. The first kappa shape index (κ1) is 10.6. The Labute approximate surface area is 97.5 Å². The fourth-order valence-corrected chi connectivity index (χ4v) is 2.09. The van der Waals surface area contributed by atoms with Crippen LogP contribution in [-0.2, 0) is 4.79 Å². The van der Waals surface area contributed by atoms with E-state index in [1.165, 1.54) is 0 Å². The number of carbonyl (C=O) groups is 1. The maximum atomic E-state index is 11.0. The van der Waals surface area contributed by atoms with E-state index in [2.05, 4.69) is 0 Å². The smallest absolute Gasteiger partial charge is 0.150 e. The zero-order valence-corrected chi connectivity index (χ0v) is 9.28. The summed E-state index contributed by atoms with van der Waals surface area (Å²) in [6, 6.07) is 10.7. The largest absolute Gasteiger partial charge is 0.507 e. The first-order valence-electron chi connectivity index (χ1n) is 4.80. The number of carbonyl (C=O) groups excluding carboxylic acids is 1. The number of aromatic hydroxyl groups is 1. The number of aldehydes is 1. The molecule has 0 saturated heterocycles. The van der Waals surface area contributed by atoms with Crippen molar-refractivity contribution in [3.63, 3.8) is 0 Å². The van der Waals surface area contributed by atoms with Crippen LogP contribution in [0.2, 0.25) is 0 Å². The fraction of sp³-hybridized carbons (Fsp3) is 0. The van der Waals surface area contributed by atoms with Gasteiger partial charge in [-0.15, -0.1) is 11.3 Å². The maximum Gasteiger partial charge on any atom is 0.150 e. The number of hydrogen-bond donors (Lipinski definition) is 1. The minimum Gasteiger partial charge on any atom is -0.507 e. The molecule has 0 aliphatic rings. The minimum atomic E-state index is 0.123. The number of hydrogen-bond acceptors (Lipinski definition) is 3. The van der Waals surface area contributed by atoms with Crippen LogP contribution in [0.25, 0.3) is 11.6 Å². The predicted octanol–water partition coefficient (Wildman–Crippen LogP) is 3.19. The molecule has 0 aliphatic carbocycles. The van der Waals surface area contributed by atoms with Gasteiger partial charge in [0.25, 0.3) is 0 Å². The molecular formula is C13H10O2S. The molecule has 0 aliphatic heterocycles. The molecule has 80 valence electrons. The molecule has 1 heterocycles. The van der Waals surface area contributed by atoms with Crippen LogP contribution in [0.15, 0.2) is 41.8 Å². The molecule has 0 saturated carbocycles. The number of allylic oxidation sites excluding steroid dienone is 1. The summed E-state index contributed by atoms with van der Waals surface area (Å²) in [4.78, 5) is 12.0. The van der Waals surface area contributed by atoms with Crippen LogP contribution in [0.5, 0.6) is 5.75 Å². The standard InChI is InChI=1S/C13H10O2S/c14-9-10(8-11-4-3-7-16-11)12-5-1-2-6-13(12)15/h1-9,15H. The van der Waals surface area contributed by atoms with E-state index in [1.54, 1.807) is 41.7 Å². The first-order chi connectivity index (χ1) is 7.81. The Morgan fingerprint density at radius 3 is 2.62 bits per heavy atom.